The van der Waals surface area contributed by atoms with Gasteiger partial charge in [-0.3, -0.25) is 25.2 Å². The van der Waals surface area contributed by atoms with E-state index >= 15 is 0 Å². The first-order valence-corrected chi connectivity index (χ1v) is 6.07. The highest BCUT2D eigenvalue weighted by Gasteiger charge is 2.11. The Morgan fingerprint density at radius 1 is 1.00 bits per heavy atom. The van der Waals surface area contributed by atoms with Crippen molar-refractivity contribution in [2.75, 3.05) is 0 Å². The molecular weight excluding hydrogens is 298 g/mol. The smallest absolute Gasteiger partial charge is 0.258 e. The van der Waals surface area contributed by atoms with Gasteiger partial charge in [0.2, 0.25) is 0 Å². The quantitative estimate of drug-likeness (QED) is 0.485. The van der Waals surface area contributed by atoms with E-state index in [0.29, 0.717) is 11.3 Å². The van der Waals surface area contributed by atoms with Gasteiger partial charge in [0.15, 0.2) is 0 Å². The van der Waals surface area contributed by atoms with Gasteiger partial charge in [-0.05, 0) is 23.8 Å². The molecule has 0 heterocycles. The molecule has 0 aliphatic heterocycles. The third-order valence-corrected chi connectivity index (χ3v) is 2.91. The molecule has 0 atom stereocenters. The first kappa shape index (κ1) is 14.6. The highest BCUT2D eigenvalue weighted by atomic mass is 35.5. The molecule has 0 unspecified atom stereocenters. The van der Waals surface area contributed by atoms with E-state index in [0.717, 1.165) is 0 Å². The zero-order valence-corrected chi connectivity index (χ0v) is 11.2. The summed E-state index contributed by atoms with van der Waals surface area (Å²) in [5.41, 5.74) is 0.767. The summed E-state index contributed by atoms with van der Waals surface area (Å²) < 4.78 is 0. The molecule has 0 radical (unpaired) electrons. The van der Waals surface area contributed by atoms with Crippen LogP contribution in [0.2, 0.25) is 5.02 Å². The standard InChI is InChI=1S/C13H8ClN3O4/c14-12-6-1-9(7-13(12)17(20)21)8-15-10-2-4-11(5-3-10)16(18)19/h1-8H. The molecule has 0 saturated carbocycles. The van der Waals surface area contributed by atoms with Gasteiger partial charge in [0.25, 0.3) is 11.4 Å². The number of aliphatic imine (C=N–C) groups is 1. The van der Waals surface area contributed by atoms with Crippen LogP contribution in [-0.2, 0) is 0 Å². The summed E-state index contributed by atoms with van der Waals surface area (Å²) in [6.07, 6.45) is 1.42. The van der Waals surface area contributed by atoms with Gasteiger partial charge in [-0.2, -0.15) is 0 Å². The molecule has 8 heteroatoms. The summed E-state index contributed by atoms with van der Waals surface area (Å²) in [6, 6.07) is 9.93. The largest absolute Gasteiger partial charge is 0.288 e. The van der Waals surface area contributed by atoms with Crippen LogP contribution in [0.15, 0.2) is 47.5 Å². The Labute approximate surface area is 123 Å². The van der Waals surface area contributed by atoms with Crippen molar-refractivity contribution in [3.63, 3.8) is 0 Å². The second-order valence-corrected chi connectivity index (χ2v) is 4.41. The zero-order chi connectivity index (χ0) is 15.4. The first-order chi connectivity index (χ1) is 9.97. The number of non-ortho nitro benzene ring substituents is 1. The normalized spacial score (nSPS) is 10.7. The van der Waals surface area contributed by atoms with E-state index < -0.39 is 9.85 Å². The van der Waals surface area contributed by atoms with Crippen LogP contribution in [0.5, 0.6) is 0 Å². The van der Waals surface area contributed by atoms with E-state index in [2.05, 4.69) is 4.99 Å². The lowest BCUT2D eigenvalue weighted by Crippen LogP contribution is -1.91. The zero-order valence-electron chi connectivity index (χ0n) is 10.5. The minimum Gasteiger partial charge on any atom is -0.258 e. The van der Waals surface area contributed by atoms with Crippen LogP contribution in [0, 0.1) is 20.2 Å². The number of nitro benzene ring substituents is 2. The molecule has 106 valence electrons. The fourth-order valence-corrected chi connectivity index (χ4v) is 1.75. The summed E-state index contributed by atoms with van der Waals surface area (Å²) in [6.45, 7) is 0. The molecule has 2 aromatic rings. The van der Waals surface area contributed by atoms with E-state index in [1.165, 1.54) is 42.6 Å². The highest BCUT2D eigenvalue weighted by molar-refractivity contribution is 6.32. The molecule has 0 bridgehead atoms. The Balaban J connectivity index is 2.23. The molecule has 0 fully saturated rings. The molecule has 0 aromatic heterocycles. The van der Waals surface area contributed by atoms with Gasteiger partial charge >= 0.3 is 0 Å². The molecule has 2 rings (SSSR count). The molecule has 21 heavy (non-hydrogen) atoms. The third kappa shape index (κ3) is 3.61. The first-order valence-electron chi connectivity index (χ1n) is 5.70. The predicted molar refractivity (Wildman–Crippen MR) is 78.5 cm³/mol. The van der Waals surface area contributed by atoms with E-state index in [1.54, 1.807) is 6.07 Å². The summed E-state index contributed by atoms with van der Waals surface area (Å²) in [5.74, 6) is 0. The number of benzene rings is 2. The maximum Gasteiger partial charge on any atom is 0.288 e. The summed E-state index contributed by atoms with van der Waals surface area (Å²) in [5, 5.41) is 21.3. The average molecular weight is 306 g/mol. The summed E-state index contributed by atoms with van der Waals surface area (Å²) >= 11 is 5.71. The summed E-state index contributed by atoms with van der Waals surface area (Å²) in [7, 11) is 0. The van der Waals surface area contributed by atoms with Crippen molar-refractivity contribution < 1.29 is 9.85 Å². The topological polar surface area (TPSA) is 98.6 Å². The number of halogens is 1. The Bertz CT molecular complexity index is 729. The van der Waals surface area contributed by atoms with Gasteiger partial charge in [0.1, 0.15) is 5.02 Å². The van der Waals surface area contributed by atoms with Crippen LogP contribution in [-0.4, -0.2) is 16.1 Å². The van der Waals surface area contributed by atoms with Crippen molar-refractivity contribution in [2.24, 2.45) is 4.99 Å². The van der Waals surface area contributed by atoms with Crippen molar-refractivity contribution in [3.05, 3.63) is 73.3 Å². The van der Waals surface area contributed by atoms with Crippen molar-refractivity contribution in [1.82, 2.24) is 0 Å². The molecule has 0 aliphatic carbocycles. The molecule has 0 spiro atoms. The second-order valence-electron chi connectivity index (χ2n) is 4.00. The second kappa shape index (κ2) is 6.10. The molecule has 2 aromatic carbocycles. The van der Waals surface area contributed by atoms with Crippen LogP contribution in [0.1, 0.15) is 5.56 Å². The van der Waals surface area contributed by atoms with Crippen LogP contribution >= 0.6 is 11.6 Å². The van der Waals surface area contributed by atoms with E-state index in [4.69, 9.17) is 11.6 Å². The van der Waals surface area contributed by atoms with Crippen molar-refractivity contribution in [3.8, 4) is 0 Å². The van der Waals surface area contributed by atoms with E-state index in [9.17, 15) is 20.2 Å². The number of nitro groups is 2. The lowest BCUT2D eigenvalue weighted by molar-refractivity contribution is -0.385. The van der Waals surface area contributed by atoms with Gasteiger partial charge in [-0.25, -0.2) is 0 Å². The van der Waals surface area contributed by atoms with E-state index in [1.807, 2.05) is 0 Å². The number of hydrogen-bond donors (Lipinski definition) is 0. The number of hydrogen-bond acceptors (Lipinski definition) is 5. The maximum absolute atomic E-state index is 10.8. The summed E-state index contributed by atoms with van der Waals surface area (Å²) in [4.78, 5) is 24.3. The van der Waals surface area contributed by atoms with Gasteiger partial charge in [-0.15, -0.1) is 0 Å². The van der Waals surface area contributed by atoms with E-state index in [-0.39, 0.29) is 16.4 Å². The van der Waals surface area contributed by atoms with Crippen LogP contribution in [0.25, 0.3) is 0 Å². The monoisotopic (exact) mass is 305 g/mol. The predicted octanol–water partition coefficient (Wildman–Crippen LogP) is 3.91. The molecule has 0 N–H and O–H groups in total. The minimum atomic E-state index is -0.578. The average Bonchev–Trinajstić information content (AvgIpc) is 2.46. The SMILES string of the molecule is O=[N+]([O-])c1ccc(N=Cc2ccc(Cl)c([N+](=O)[O-])c2)cc1. The van der Waals surface area contributed by atoms with Gasteiger partial charge in [0.05, 0.1) is 15.5 Å². The number of nitrogens with zero attached hydrogens (tertiary/aromatic N) is 3. The van der Waals surface area contributed by atoms with Crippen molar-refractivity contribution >= 4 is 34.9 Å². The Hall–Kier alpha value is -2.80. The lowest BCUT2D eigenvalue weighted by Gasteiger charge is -1.97. The fraction of sp³-hybridized carbons (Fsp3) is 0. The number of rotatable bonds is 4. The highest BCUT2D eigenvalue weighted by Crippen LogP contribution is 2.25. The van der Waals surface area contributed by atoms with Gasteiger partial charge in [-0.1, -0.05) is 17.7 Å². The van der Waals surface area contributed by atoms with Crippen LogP contribution in [0.4, 0.5) is 17.1 Å². The molecule has 0 amide bonds. The van der Waals surface area contributed by atoms with Gasteiger partial charge in [0, 0.05) is 24.4 Å². The molecule has 0 aliphatic rings. The Morgan fingerprint density at radius 3 is 2.24 bits per heavy atom. The lowest BCUT2D eigenvalue weighted by atomic mass is 10.2. The third-order valence-electron chi connectivity index (χ3n) is 2.59. The Morgan fingerprint density at radius 2 is 1.67 bits per heavy atom. The van der Waals surface area contributed by atoms with Crippen LogP contribution in [0.3, 0.4) is 0 Å². The molecule has 7 nitrogen and oxygen atoms in total. The minimum absolute atomic E-state index is 0.0314. The van der Waals surface area contributed by atoms with Crippen molar-refractivity contribution in [2.45, 2.75) is 0 Å². The maximum atomic E-state index is 10.8. The van der Waals surface area contributed by atoms with Crippen molar-refractivity contribution in [1.29, 1.82) is 0 Å². The van der Waals surface area contributed by atoms with Gasteiger partial charge < -0.3 is 0 Å². The Kier molecular flexibility index (Phi) is 4.24. The molecular formula is C13H8ClN3O4. The van der Waals surface area contributed by atoms with Crippen LogP contribution < -0.4 is 0 Å². The fourth-order valence-electron chi connectivity index (χ4n) is 1.56. The molecule has 0 saturated heterocycles.